The van der Waals surface area contributed by atoms with Gasteiger partial charge in [0.05, 0.1) is 21.7 Å². The van der Waals surface area contributed by atoms with E-state index in [1.165, 1.54) is 23.8 Å². The highest BCUT2D eigenvalue weighted by Crippen LogP contribution is 2.38. The highest BCUT2D eigenvalue weighted by molar-refractivity contribution is 7.92. The lowest BCUT2D eigenvalue weighted by Gasteiger charge is -2.13. The summed E-state index contributed by atoms with van der Waals surface area (Å²) in [7, 11) is -4.18. The molecule has 1 aliphatic carbocycles. The fraction of sp³-hybridized carbons (Fsp3) is 0.176. The Morgan fingerprint density at radius 1 is 0.956 bits per heavy atom. The van der Waals surface area contributed by atoms with Crippen LogP contribution in [0, 0.1) is 0 Å². The second-order valence-electron chi connectivity index (χ2n) is 11.2. The molecule has 2 aromatic heterocycles. The predicted molar refractivity (Wildman–Crippen MR) is 167 cm³/mol. The van der Waals surface area contributed by atoms with E-state index in [4.69, 9.17) is 4.98 Å². The molecule has 2 aliphatic rings. The zero-order valence-electron chi connectivity index (χ0n) is 23.8. The number of fused-ring (bicyclic) bond motifs is 3. The third-order valence-electron chi connectivity index (χ3n) is 8.38. The molecule has 5 aromatic rings. The molecule has 0 saturated carbocycles. The number of carbonyl (C=O) groups excluding carboxylic acids is 1. The van der Waals surface area contributed by atoms with Crippen molar-refractivity contribution in [2.45, 2.75) is 43.2 Å². The highest BCUT2D eigenvalue weighted by Gasteiger charge is 2.31. The maximum atomic E-state index is 13.3. The van der Waals surface area contributed by atoms with Crippen LogP contribution >= 0.6 is 0 Å². The molecule has 0 atom stereocenters. The number of nitrogens with zero attached hydrogens (tertiary/aromatic N) is 1. The van der Waals surface area contributed by atoms with E-state index in [0.717, 1.165) is 83.4 Å². The molecule has 0 unspecified atom stereocenters. The van der Waals surface area contributed by atoms with Gasteiger partial charge < -0.3 is 10.3 Å². The Balaban J connectivity index is 1.25. The molecule has 0 spiro atoms. The lowest BCUT2D eigenvalue weighted by Crippen LogP contribution is -2.13. The zero-order chi connectivity index (χ0) is 31.3. The van der Waals surface area contributed by atoms with Gasteiger partial charge in [-0.25, -0.2) is 8.42 Å². The second kappa shape index (κ2) is 10.9. The second-order valence-corrected chi connectivity index (χ2v) is 12.9. The molecule has 45 heavy (non-hydrogen) atoms. The Morgan fingerprint density at radius 2 is 1.73 bits per heavy atom. The SMILES string of the molecule is O=C1Nc2ccc(S(=O)(=O)Nc3ccc(C(F)(F)F)cc3)cc2C1=Cc1[nH]c2c(c1Cc1nccc3ccccc13)CCCC2. The monoisotopic (exact) mass is 628 g/mol. The van der Waals surface area contributed by atoms with E-state index in [-0.39, 0.29) is 16.5 Å². The number of hydrogen-bond donors (Lipinski definition) is 3. The topological polar surface area (TPSA) is 104 Å². The van der Waals surface area contributed by atoms with Crippen molar-refractivity contribution >= 4 is 49.7 Å². The van der Waals surface area contributed by atoms with Crippen LogP contribution in [0.5, 0.6) is 0 Å². The summed E-state index contributed by atoms with van der Waals surface area (Å²) in [5.41, 5.74) is 5.44. The number of carbonyl (C=O) groups is 1. The number of benzene rings is 3. The van der Waals surface area contributed by atoms with Crippen molar-refractivity contribution < 1.29 is 26.4 Å². The van der Waals surface area contributed by atoms with Crippen molar-refractivity contribution in [2.75, 3.05) is 10.0 Å². The molecule has 0 fully saturated rings. The van der Waals surface area contributed by atoms with Crippen LogP contribution in [0.4, 0.5) is 24.5 Å². The number of aromatic nitrogens is 2. The summed E-state index contributed by atoms with van der Waals surface area (Å²) in [6.07, 6.45) is 3.54. The Labute approximate surface area is 257 Å². The van der Waals surface area contributed by atoms with Gasteiger partial charge in [0, 0.05) is 46.3 Å². The Kier molecular flexibility index (Phi) is 7.00. The molecule has 3 heterocycles. The van der Waals surface area contributed by atoms with E-state index >= 15 is 0 Å². The Hall–Kier alpha value is -4.90. The zero-order valence-corrected chi connectivity index (χ0v) is 24.6. The predicted octanol–water partition coefficient (Wildman–Crippen LogP) is 7.34. The maximum Gasteiger partial charge on any atom is 0.416 e. The number of alkyl halides is 3. The van der Waals surface area contributed by atoms with Crippen LogP contribution in [0.15, 0.2) is 83.9 Å². The molecule has 7 nitrogen and oxygen atoms in total. The number of aryl methyl sites for hydroxylation is 1. The van der Waals surface area contributed by atoms with Gasteiger partial charge in [-0.2, -0.15) is 13.2 Å². The fourth-order valence-electron chi connectivity index (χ4n) is 6.16. The summed E-state index contributed by atoms with van der Waals surface area (Å²) in [6.45, 7) is 0. The van der Waals surface area contributed by atoms with Crippen LogP contribution in [0.25, 0.3) is 22.4 Å². The average molecular weight is 629 g/mol. The van der Waals surface area contributed by atoms with Crippen LogP contribution in [-0.4, -0.2) is 24.3 Å². The molecule has 228 valence electrons. The van der Waals surface area contributed by atoms with Gasteiger partial charge in [0.1, 0.15) is 0 Å². The van der Waals surface area contributed by atoms with Gasteiger partial charge in [0.2, 0.25) is 0 Å². The molecular weight excluding hydrogens is 601 g/mol. The van der Waals surface area contributed by atoms with Crippen LogP contribution < -0.4 is 10.0 Å². The van der Waals surface area contributed by atoms with Gasteiger partial charge in [-0.1, -0.05) is 24.3 Å². The van der Waals surface area contributed by atoms with Gasteiger partial charge in [0.15, 0.2) is 0 Å². The first kappa shape index (κ1) is 28.8. The number of aromatic amines is 1. The lowest BCUT2D eigenvalue weighted by atomic mass is 9.91. The number of amides is 1. The minimum Gasteiger partial charge on any atom is -0.358 e. The molecule has 0 saturated heterocycles. The van der Waals surface area contributed by atoms with Crippen molar-refractivity contribution in [2.24, 2.45) is 0 Å². The molecule has 0 radical (unpaired) electrons. The normalized spacial score (nSPS) is 15.6. The highest BCUT2D eigenvalue weighted by atomic mass is 32.2. The standard InChI is InChI=1S/C34H27F3N4O3S/c35-34(36,37)21-9-11-22(12-10-21)41-45(43,44)23-13-14-30-26(17-23)28(33(42)40-30)19-32-27(25-7-3-4-8-29(25)39-32)18-31-24-6-2-1-5-20(24)15-16-38-31/h1-2,5-6,9-17,19,39,41H,3-4,7-8,18H2,(H,40,42). The van der Waals surface area contributed by atoms with Crippen molar-refractivity contribution in [3.05, 3.63) is 118 Å². The third-order valence-corrected chi connectivity index (χ3v) is 9.76. The van der Waals surface area contributed by atoms with E-state index in [1.54, 1.807) is 12.3 Å². The molecule has 1 amide bonds. The molecule has 1 aliphatic heterocycles. The third kappa shape index (κ3) is 5.48. The molecule has 7 rings (SSSR count). The van der Waals surface area contributed by atoms with E-state index in [0.29, 0.717) is 23.2 Å². The number of H-pyrrole nitrogens is 1. The summed E-state index contributed by atoms with van der Waals surface area (Å²) in [5.74, 6) is -0.364. The Morgan fingerprint density at radius 3 is 2.53 bits per heavy atom. The number of pyridine rings is 1. The van der Waals surface area contributed by atoms with Gasteiger partial charge in [-0.05, 0) is 96.8 Å². The van der Waals surface area contributed by atoms with E-state index in [1.807, 2.05) is 24.3 Å². The van der Waals surface area contributed by atoms with Gasteiger partial charge in [0.25, 0.3) is 15.9 Å². The van der Waals surface area contributed by atoms with Gasteiger partial charge in [-0.15, -0.1) is 0 Å². The van der Waals surface area contributed by atoms with Gasteiger partial charge >= 0.3 is 6.18 Å². The summed E-state index contributed by atoms with van der Waals surface area (Å²) >= 11 is 0. The molecule has 3 aromatic carbocycles. The smallest absolute Gasteiger partial charge is 0.358 e. The van der Waals surface area contributed by atoms with Crippen LogP contribution in [-0.2, 0) is 40.3 Å². The van der Waals surface area contributed by atoms with Crippen molar-refractivity contribution in [3.8, 4) is 0 Å². The van der Waals surface area contributed by atoms with E-state index in [2.05, 4.69) is 21.1 Å². The number of halogens is 3. The van der Waals surface area contributed by atoms with Gasteiger partial charge in [-0.3, -0.25) is 14.5 Å². The molecular formula is C34H27F3N4O3S. The number of sulfonamides is 1. The summed E-state index contributed by atoms with van der Waals surface area (Å²) in [4.78, 5) is 21.3. The average Bonchev–Trinajstić information content (AvgIpc) is 3.52. The fourth-order valence-corrected chi connectivity index (χ4v) is 7.24. The Bertz CT molecular complexity index is 2110. The molecule has 11 heteroatoms. The molecule has 0 bridgehead atoms. The van der Waals surface area contributed by atoms with E-state index < -0.39 is 21.8 Å². The minimum atomic E-state index is -4.54. The van der Waals surface area contributed by atoms with Crippen molar-refractivity contribution in [1.29, 1.82) is 0 Å². The largest absolute Gasteiger partial charge is 0.416 e. The van der Waals surface area contributed by atoms with Crippen molar-refractivity contribution in [1.82, 2.24) is 9.97 Å². The number of hydrogen-bond acceptors (Lipinski definition) is 4. The van der Waals surface area contributed by atoms with E-state index in [9.17, 15) is 26.4 Å². The summed E-state index contributed by atoms with van der Waals surface area (Å²) < 4.78 is 67.7. The van der Waals surface area contributed by atoms with Crippen LogP contribution in [0.1, 0.15) is 52.2 Å². The first-order valence-electron chi connectivity index (χ1n) is 14.5. The number of nitrogens with one attached hydrogen (secondary N) is 3. The van der Waals surface area contributed by atoms with Crippen molar-refractivity contribution in [3.63, 3.8) is 0 Å². The number of rotatable bonds is 6. The maximum absolute atomic E-state index is 13.3. The summed E-state index contributed by atoms with van der Waals surface area (Å²) in [5, 5.41) is 4.97. The lowest BCUT2D eigenvalue weighted by molar-refractivity contribution is -0.137. The van der Waals surface area contributed by atoms with Crippen LogP contribution in [0.2, 0.25) is 0 Å². The quantitative estimate of drug-likeness (QED) is 0.171. The number of anilines is 2. The van der Waals surface area contributed by atoms with Crippen LogP contribution in [0.3, 0.4) is 0 Å². The summed E-state index contributed by atoms with van der Waals surface area (Å²) in [6, 6.07) is 18.1. The first-order valence-corrected chi connectivity index (χ1v) is 16.0. The minimum absolute atomic E-state index is 0.0166. The molecule has 3 N–H and O–H groups in total. The first-order chi connectivity index (χ1) is 21.6.